The van der Waals surface area contributed by atoms with Gasteiger partial charge in [0.2, 0.25) is 0 Å². The summed E-state index contributed by atoms with van der Waals surface area (Å²) in [5.74, 6) is 0. The van der Waals surface area contributed by atoms with Crippen LogP contribution in [0, 0.1) is 0 Å². The Balaban J connectivity index is 0. The largest absolute Gasteiger partial charge is 0.388 e. The molecule has 0 aromatic carbocycles. The zero-order valence-electron chi connectivity index (χ0n) is 6.76. The smallest absolute Gasteiger partial charge is 0.309 e. The van der Waals surface area contributed by atoms with E-state index < -0.39 is 6.03 Å². The Bertz CT molecular complexity index is 139. The van der Waals surface area contributed by atoms with Crippen LogP contribution in [0.5, 0.6) is 0 Å². The molecule has 0 aliphatic rings. The fraction of sp³-hybridized carbons (Fsp3) is 0.286. The van der Waals surface area contributed by atoms with Gasteiger partial charge in [0.15, 0.2) is 0 Å². The first kappa shape index (κ1) is 12.2. The molecule has 0 bridgehead atoms. The number of rotatable bonds is 3. The Labute approximate surface area is 66.9 Å². The molecule has 4 nitrogen and oxygen atoms in total. The monoisotopic (exact) mass is 157 g/mol. The van der Waals surface area contributed by atoms with Gasteiger partial charge in [-0.3, -0.25) is 0 Å². The molecule has 0 aliphatic carbocycles. The van der Waals surface area contributed by atoms with Crippen molar-refractivity contribution in [2.45, 2.75) is 6.92 Å². The lowest BCUT2D eigenvalue weighted by molar-refractivity contribution is 0.256. The van der Waals surface area contributed by atoms with Gasteiger partial charge in [0, 0.05) is 6.54 Å². The molecule has 64 valence electrons. The van der Waals surface area contributed by atoms with Crippen LogP contribution >= 0.6 is 0 Å². The van der Waals surface area contributed by atoms with Gasteiger partial charge in [-0.1, -0.05) is 18.7 Å². The second-order valence-electron chi connectivity index (χ2n) is 1.94. The molecule has 2 amide bonds. The Morgan fingerprint density at radius 1 is 1.64 bits per heavy atom. The van der Waals surface area contributed by atoms with E-state index >= 15 is 0 Å². The van der Waals surface area contributed by atoms with E-state index in [-0.39, 0.29) is 0 Å². The van der Waals surface area contributed by atoms with Crippen LogP contribution in [0.4, 0.5) is 4.79 Å². The number of hydrogen-bond acceptors (Lipinski definition) is 2. The van der Waals surface area contributed by atoms with Crippen molar-refractivity contribution < 1.29 is 4.79 Å². The number of amides is 2. The highest BCUT2D eigenvalue weighted by Gasteiger charge is 1.75. The average Bonchev–Trinajstić information content (AvgIpc) is 1.82. The zero-order chi connectivity index (χ0) is 9.28. The third kappa shape index (κ3) is 56.4. The Hall–Kier alpha value is -1.45. The third-order valence-corrected chi connectivity index (χ3v) is 0.548. The van der Waals surface area contributed by atoms with Gasteiger partial charge in [-0.25, -0.2) is 4.79 Å². The van der Waals surface area contributed by atoms with Crippen molar-refractivity contribution in [1.29, 1.82) is 0 Å². The minimum atomic E-state index is -0.833. The van der Waals surface area contributed by atoms with E-state index in [1.165, 1.54) is 0 Å². The molecule has 0 radical (unpaired) electrons. The van der Waals surface area contributed by atoms with E-state index in [1.54, 1.807) is 6.20 Å². The SMILES string of the molecule is C=CNCC(=C)C.NC(N)=O. The molecular weight excluding hydrogens is 142 g/mol. The van der Waals surface area contributed by atoms with Crippen molar-refractivity contribution in [3.8, 4) is 0 Å². The summed E-state index contributed by atoms with van der Waals surface area (Å²) < 4.78 is 0. The van der Waals surface area contributed by atoms with Gasteiger partial charge in [0.1, 0.15) is 0 Å². The molecule has 4 heteroatoms. The molecule has 0 heterocycles. The number of nitrogens with one attached hydrogen (secondary N) is 1. The number of carbonyl (C=O) groups is 1. The number of urea groups is 1. The van der Waals surface area contributed by atoms with Gasteiger partial charge in [0.25, 0.3) is 0 Å². The Morgan fingerprint density at radius 3 is 2.09 bits per heavy atom. The van der Waals surface area contributed by atoms with Gasteiger partial charge >= 0.3 is 6.03 Å². The summed E-state index contributed by atoms with van der Waals surface area (Å²) >= 11 is 0. The molecular formula is C7H15N3O. The number of nitrogens with two attached hydrogens (primary N) is 2. The standard InChI is InChI=1S/C6H11N.CH4N2O/c1-4-7-5-6(2)3;2-1(3)4/h4,7H,1-2,5H2,3H3;(H4,2,3,4). The summed E-state index contributed by atoms with van der Waals surface area (Å²) in [5.41, 5.74) is 9.62. The van der Waals surface area contributed by atoms with E-state index in [9.17, 15) is 0 Å². The minimum absolute atomic E-state index is 0.833. The van der Waals surface area contributed by atoms with Crippen LogP contribution in [-0.4, -0.2) is 12.6 Å². The highest BCUT2D eigenvalue weighted by molar-refractivity contribution is 5.69. The number of hydrogen-bond donors (Lipinski definition) is 3. The second kappa shape index (κ2) is 8.55. The van der Waals surface area contributed by atoms with Gasteiger partial charge in [-0.05, 0) is 13.1 Å². The van der Waals surface area contributed by atoms with Crippen LogP contribution in [0.2, 0.25) is 0 Å². The van der Waals surface area contributed by atoms with Gasteiger partial charge in [-0.2, -0.15) is 0 Å². The molecule has 0 saturated heterocycles. The number of primary amides is 2. The van der Waals surface area contributed by atoms with Crippen molar-refractivity contribution in [2.24, 2.45) is 11.5 Å². The first-order chi connectivity index (χ1) is 5.00. The van der Waals surface area contributed by atoms with Gasteiger partial charge in [0.05, 0.1) is 0 Å². The zero-order valence-corrected chi connectivity index (χ0v) is 6.76. The second-order valence-corrected chi connectivity index (χ2v) is 1.94. The molecule has 0 rings (SSSR count). The van der Waals surface area contributed by atoms with Crippen LogP contribution < -0.4 is 16.8 Å². The van der Waals surface area contributed by atoms with E-state index in [1.807, 2.05) is 6.92 Å². The quantitative estimate of drug-likeness (QED) is 0.516. The normalized spacial score (nSPS) is 7.00. The molecule has 0 unspecified atom stereocenters. The molecule has 11 heavy (non-hydrogen) atoms. The molecule has 0 aliphatic heterocycles. The van der Waals surface area contributed by atoms with Crippen molar-refractivity contribution in [3.05, 3.63) is 24.9 Å². The van der Waals surface area contributed by atoms with Crippen molar-refractivity contribution >= 4 is 6.03 Å². The summed E-state index contributed by atoms with van der Waals surface area (Å²) in [6, 6.07) is -0.833. The lowest BCUT2D eigenvalue weighted by Gasteiger charge is -1.94. The minimum Gasteiger partial charge on any atom is -0.388 e. The predicted molar refractivity (Wildman–Crippen MR) is 46.8 cm³/mol. The van der Waals surface area contributed by atoms with E-state index in [4.69, 9.17) is 4.79 Å². The van der Waals surface area contributed by atoms with Crippen LogP contribution in [0.1, 0.15) is 6.92 Å². The van der Waals surface area contributed by atoms with Crippen LogP contribution in [0.25, 0.3) is 0 Å². The molecule has 0 saturated carbocycles. The first-order valence-electron chi connectivity index (χ1n) is 3.04. The van der Waals surface area contributed by atoms with Crippen molar-refractivity contribution in [3.63, 3.8) is 0 Å². The fourth-order valence-corrected chi connectivity index (χ4v) is 0.246. The van der Waals surface area contributed by atoms with E-state index in [2.05, 4.69) is 29.9 Å². The maximum atomic E-state index is 9.00. The topological polar surface area (TPSA) is 81.1 Å². The lowest BCUT2D eigenvalue weighted by atomic mass is 10.4. The average molecular weight is 157 g/mol. The third-order valence-electron chi connectivity index (χ3n) is 0.548. The molecule has 5 N–H and O–H groups in total. The summed E-state index contributed by atoms with van der Waals surface area (Å²) in [4.78, 5) is 9.00. The van der Waals surface area contributed by atoms with E-state index in [0.717, 1.165) is 12.1 Å². The maximum Gasteiger partial charge on any atom is 0.309 e. The van der Waals surface area contributed by atoms with Crippen LogP contribution in [-0.2, 0) is 0 Å². The van der Waals surface area contributed by atoms with Crippen LogP contribution in [0.15, 0.2) is 24.9 Å². The van der Waals surface area contributed by atoms with Gasteiger partial charge < -0.3 is 16.8 Å². The Morgan fingerprint density at radius 2 is 2.00 bits per heavy atom. The maximum absolute atomic E-state index is 9.00. The highest BCUT2D eigenvalue weighted by Crippen LogP contribution is 1.79. The Kier molecular flexibility index (Phi) is 9.52. The summed E-state index contributed by atoms with van der Waals surface area (Å²) in [5, 5.41) is 2.91. The summed E-state index contributed by atoms with van der Waals surface area (Å²) in [7, 11) is 0. The van der Waals surface area contributed by atoms with Crippen molar-refractivity contribution in [1.82, 2.24) is 5.32 Å². The number of carbonyl (C=O) groups excluding carboxylic acids is 1. The predicted octanol–water partition coefficient (Wildman–Crippen LogP) is 0.319. The molecule has 0 atom stereocenters. The molecule has 0 fully saturated rings. The molecule has 0 aromatic rings. The summed E-state index contributed by atoms with van der Waals surface area (Å²) in [6.45, 7) is 9.97. The molecule has 0 aromatic heterocycles. The fourth-order valence-electron chi connectivity index (χ4n) is 0.246. The van der Waals surface area contributed by atoms with E-state index in [0.29, 0.717) is 0 Å². The summed E-state index contributed by atoms with van der Waals surface area (Å²) in [6.07, 6.45) is 1.66. The molecule has 0 spiro atoms. The van der Waals surface area contributed by atoms with Crippen LogP contribution in [0.3, 0.4) is 0 Å². The lowest BCUT2D eigenvalue weighted by Crippen LogP contribution is -2.18. The van der Waals surface area contributed by atoms with Crippen molar-refractivity contribution in [2.75, 3.05) is 6.54 Å². The van der Waals surface area contributed by atoms with Gasteiger partial charge in [-0.15, -0.1) is 0 Å². The highest BCUT2D eigenvalue weighted by atomic mass is 16.2. The first-order valence-corrected chi connectivity index (χ1v) is 3.04.